The van der Waals surface area contributed by atoms with Gasteiger partial charge in [0.05, 0.1) is 0 Å². The highest BCUT2D eigenvalue weighted by Gasteiger charge is 2.23. The minimum Gasteiger partial charge on any atom is -0.481 e. The van der Waals surface area contributed by atoms with Crippen LogP contribution in [0.4, 0.5) is 0 Å². The topological polar surface area (TPSA) is 26.3 Å². The fraction of sp³-hybridized carbons (Fsp3) is 0.105. The summed E-state index contributed by atoms with van der Waals surface area (Å²) >= 11 is 0. The van der Waals surface area contributed by atoms with Crippen molar-refractivity contribution in [3.8, 4) is 18.1 Å². The first kappa shape index (κ1) is 13.2. The molecule has 3 rings (SSSR count). The molecule has 0 heterocycles. The number of Topliss-reactive ketones (excluding diaryl/α,β-unsaturated/α-hetero) is 1. The fourth-order valence-corrected chi connectivity index (χ4v) is 2.49. The van der Waals surface area contributed by atoms with Gasteiger partial charge in [0.1, 0.15) is 12.4 Å². The van der Waals surface area contributed by atoms with Gasteiger partial charge in [0.2, 0.25) is 0 Å². The molecule has 2 nitrogen and oxygen atoms in total. The van der Waals surface area contributed by atoms with E-state index >= 15 is 0 Å². The van der Waals surface area contributed by atoms with Gasteiger partial charge in [-0.2, -0.15) is 0 Å². The Morgan fingerprint density at radius 2 is 2.05 bits per heavy atom. The first-order chi connectivity index (χ1) is 10.3. The lowest BCUT2D eigenvalue weighted by Gasteiger charge is -2.03. The summed E-state index contributed by atoms with van der Waals surface area (Å²) in [6.07, 6.45) is 7.79. The van der Waals surface area contributed by atoms with Gasteiger partial charge >= 0.3 is 0 Å². The molecule has 0 aromatic heterocycles. The van der Waals surface area contributed by atoms with E-state index in [2.05, 4.69) is 5.92 Å². The molecule has 0 spiro atoms. The lowest BCUT2D eigenvalue weighted by atomic mass is 10.1. The normalized spacial score (nSPS) is 14.8. The maximum Gasteiger partial charge on any atom is 0.189 e. The second-order valence-electron chi connectivity index (χ2n) is 4.90. The van der Waals surface area contributed by atoms with Crippen LogP contribution in [-0.2, 0) is 6.42 Å². The van der Waals surface area contributed by atoms with Gasteiger partial charge in [-0.05, 0) is 29.3 Å². The van der Waals surface area contributed by atoms with Crippen molar-refractivity contribution in [1.82, 2.24) is 0 Å². The summed E-state index contributed by atoms with van der Waals surface area (Å²) < 4.78 is 5.40. The molecule has 0 radical (unpaired) electrons. The maximum absolute atomic E-state index is 12.3. The highest BCUT2D eigenvalue weighted by Crippen LogP contribution is 2.28. The van der Waals surface area contributed by atoms with Crippen LogP contribution in [0.15, 0.2) is 54.1 Å². The molecule has 2 aromatic rings. The SMILES string of the molecule is C#CCOc1cccc(/C=C2\Cc3ccccc3C2=O)c1. The van der Waals surface area contributed by atoms with Crippen molar-refractivity contribution in [2.45, 2.75) is 6.42 Å². The highest BCUT2D eigenvalue weighted by atomic mass is 16.5. The molecule has 0 fully saturated rings. The van der Waals surface area contributed by atoms with Gasteiger partial charge in [-0.15, -0.1) is 6.42 Å². The molecule has 102 valence electrons. The van der Waals surface area contributed by atoms with Crippen LogP contribution in [0.25, 0.3) is 6.08 Å². The maximum atomic E-state index is 12.3. The van der Waals surface area contributed by atoms with Gasteiger partial charge in [-0.1, -0.05) is 42.3 Å². The van der Waals surface area contributed by atoms with Crippen LogP contribution in [0.2, 0.25) is 0 Å². The number of carbonyl (C=O) groups is 1. The second kappa shape index (κ2) is 5.68. The molecule has 0 saturated carbocycles. The predicted octanol–water partition coefficient (Wildman–Crippen LogP) is 3.52. The lowest BCUT2D eigenvalue weighted by Crippen LogP contribution is -1.96. The number of hydrogen-bond acceptors (Lipinski definition) is 2. The van der Waals surface area contributed by atoms with E-state index in [0.29, 0.717) is 12.2 Å². The monoisotopic (exact) mass is 274 g/mol. The second-order valence-corrected chi connectivity index (χ2v) is 4.90. The van der Waals surface area contributed by atoms with Crippen LogP contribution in [0, 0.1) is 12.3 Å². The van der Waals surface area contributed by atoms with Crippen LogP contribution < -0.4 is 4.74 Å². The Morgan fingerprint density at radius 1 is 1.19 bits per heavy atom. The number of terminal acetylenes is 1. The Kier molecular flexibility index (Phi) is 3.57. The predicted molar refractivity (Wildman–Crippen MR) is 83.2 cm³/mol. The van der Waals surface area contributed by atoms with E-state index in [1.807, 2.05) is 54.6 Å². The number of ketones is 1. The van der Waals surface area contributed by atoms with Gasteiger partial charge in [-0.3, -0.25) is 4.79 Å². The Balaban J connectivity index is 1.87. The Bertz CT molecular complexity index is 763. The lowest BCUT2D eigenvalue weighted by molar-refractivity contribution is 0.104. The number of allylic oxidation sites excluding steroid dienone is 1. The van der Waals surface area contributed by atoms with E-state index in [0.717, 1.165) is 22.3 Å². The minimum absolute atomic E-state index is 0.112. The van der Waals surface area contributed by atoms with Crippen LogP contribution in [0.3, 0.4) is 0 Å². The first-order valence-corrected chi connectivity index (χ1v) is 6.77. The van der Waals surface area contributed by atoms with Gasteiger partial charge in [0, 0.05) is 17.6 Å². The third-order valence-corrected chi connectivity index (χ3v) is 3.46. The zero-order valence-corrected chi connectivity index (χ0v) is 11.5. The van der Waals surface area contributed by atoms with Crippen molar-refractivity contribution in [2.24, 2.45) is 0 Å². The number of rotatable bonds is 3. The highest BCUT2D eigenvalue weighted by molar-refractivity contribution is 6.15. The van der Waals surface area contributed by atoms with Gasteiger partial charge in [-0.25, -0.2) is 0 Å². The summed E-state index contributed by atoms with van der Waals surface area (Å²) in [5.41, 5.74) is 3.66. The number of fused-ring (bicyclic) bond motifs is 1. The van der Waals surface area contributed by atoms with Gasteiger partial charge in [0.25, 0.3) is 0 Å². The molecule has 21 heavy (non-hydrogen) atoms. The van der Waals surface area contributed by atoms with Crippen LogP contribution in [0.1, 0.15) is 21.5 Å². The first-order valence-electron chi connectivity index (χ1n) is 6.77. The summed E-state index contributed by atoms with van der Waals surface area (Å²) in [4.78, 5) is 12.3. The summed E-state index contributed by atoms with van der Waals surface area (Å²) in [6.45, 7) is 0.240. The molecule has 2 aromatic carbocycles. The van der Waals surface area contributed by atoms with Crippen molar-refractivity contribution in [3.05, 3.63) is 70.8 Å². The van der Waals surface area contributed by atoms with Crippen molar-refractivity contribution >= 4 is 11.9 Å². The standard InChI is InChI=1S/C19H14O2/c1-2-10-21-17-8-5-6-14(12-17)11-16-13-15-7-3-4-9-18(15)19(16)20/h1,3-9,11-12H,10,13H2/b16-11+. The van der Waals surface area contributed by atoms with E-state index in [1.165, 1.54) is 0 Å². The molecule has 2 heteroatoms. The van der Waals surface area contributed by atoms with Crippen molar-refractivity contribution < 1.29 is 9.53 Å². The summed E-state index contributed by atoms with van der Waals surface area (Å²) in [6, 6.07) is 15.3. The Labute approximate surface area is 124 Å². The largest absolute Gasteiger partial charge is 0.481 e. The van der Waals surface area contributed by atoms with E-state index in [-0.39, 0.29) is 12.4 Å². The number of carbonyl (C=O) groups excluding carboxylic acids is 1. The van der Waals surface area contributed by atoms with Crippen molar-refractivity contribution in [2.75, 3.05) is 6.61 Å². The van der Waals surface area contributed by atoms with Gasteiger partial charge in [0.15, 0.2) is 5.78 Å². The molecule has 1 aliphatic carbocycles. The van der Waals surface area contributed by atoms with Crippen molar-refractivity contribution in [1.29, 1.82) is 0 Å². The zero-order valence-electron chi connectivity index (χ0n) is 11.5. The molecule has 0 saturated heterocycles. The summed E-state index contributed by atoms with van der Waals surface area (Å²) in [7, 11) is 0. The molecule has 0 aliphatic heterocycles. The fourth-order valence-electron chi connectivity index (χ4n) is 2.49. The summed E-state index contributed by atoms with van der Waals surface area (Å²) in [5, 5.41) is 0. The van der Waals surface area contributed by atoms with E-state index in [9.17, 15) is 4.79 Å². The average molecular weight is 274 g/mol. The van der Waals surface area contributed by atoms with Crippen LogP contribution in [-0.4, -0.2) is 12.4 Å². The molecule has 0 N–H and O–H groups in total. The number of benzene rings is 2. The Morgan fingerprint density at radius 3 is 2.86 bits per heavy atom. The van der Waals surface area contributed by atoms with Gasteiger partial charge < -0.3 is 4.74 Å². The van der Waals surface area contributed by atoms with E-state index < -0.39 is 0 Å². The van der Waals surface area contributed by atoms with Crippen molar-refractivity contribution in [3.63, 3.8) is 0 Å². The van der Waals surface area contributed by atoms with Crippen LogP contribution >= 0.6 is 0 Å². The third kappa shape index (κ3) is 2.73. The van der Waals surface area contributed by atoms with E-state index in [4.69, 9.17) is 11.2 Å². The van der Waals surface area contributed by atoms with Crippen LogP contribution in [0.5, 0.6) is 5.75 Å². The number of ether oxygens (including phenoxy) is 1. The minimum atomic E-state index is 0.112. The Hall–Kier alpha value is -2.79. The average Bonchev–Trinajstić information content (AvgIpc) is 2.82. The van der Waals surface area contributed by atoms with E-state index in [1.54, 1.807) is 0 Å². The molecule has 0 unspecified atom stereocenters. The summed E-state index contributed by atoms with van der Waals surface area (Å²) in [5.74, 6) is 3.26. The third-order valence-electron chi connectivity index (χ3n) is 3.46. The zero-order chi connectivity index (χ0) is 14.7. The molecule has 0 atom stereocenters. The molecule has 0 bridgehead atoms. The quantitative estimate of drug-likeness (QED) is 0.632. The molecule has 1 aliphatic rings. The molecular formula is C19H14O2. The molecular weight excluding hydrogens is 260 g/mol. The smallest absolute Gasteiger partial charge is 0.189 e. The number of hydrogen-bond donors (Lipinski definition) is 0. The molecule has 0 amide bonds.